The Hall–Kier alpha value is -3.95. The van der Waals surface area contributed by atoms with E-state index in [9.17, 15) is 22.8 Å². The van der Waals surface area contributed by atoms with E-state index in [-0.39, 0.29) is 13.1 Å². The highest BCUT2D eigenvalue weighted by molar-refractivity contribution is 6.02. The van der Waals surface area contributed by atoms with Gasteiger partial charge in [-0.3, -0.25) is 19.3 Å². The Morgan fingerprint density at radius 3 is 2.70 bits per heavy atom. The Kier molecular flexibility index (Phi) is 5.99. The van der Waals surface area contributed by atoms with Gasteiger partial charge < -0.3 is 10.2 Å². The van der Waals surface area contributed by atoms with E-state index >= 15 is 0 Å². The first kappa shape index (κ1) is 22.3. The molecule has 170 valence electrons. The maximum atomic E-state index is 12.8. The van der Waals surface area contributed by atoms with Crippen LogP contribution in [0.15, 0.2) is 55.1 Å². The number of hydrogen-bond acceptors (Lipinski definition) is 4. The fourth-order valence-electron chi connectivity index (χ4n) is 3.70. The Balaban J connectivity index is 1.46. The molecular formula is C23H20F3N5O2. The standard InChI is InChI=1S/C23H20F3N5O2/c1-30-13-18(12-28-30)20-6-8-27-11-16(20)3-5-21(32)29-19-4-2-15-7-9-31(14-17(15)10-19)22(33)23(24,25)26/h2-6,8,10-13H,7,9,14H2,1H3,(H,29,32). The molecule has 0 aliphatic carbocycles. The summed E-state index contributed by atoms with van der Waals surface area (Å²) in [7, 11) is 1.81. The number of aromatic nitrogens is 3. The lowest BCUT2D eigenvalue weighted by Crippen LogP contribution is -2.43. The number of carbonyl (C=O) groups excluding carboxylic acids is 2. The number of rotatable bonds is 4. The second kappa shape index (κ2) is 8.89. The number of amides is 2. The van der Waals surface area contributed by atoms with Gasteiger partial charge >= 0.3 is 12.1 Å². The number of benzene rings is 1. The molecule has 4 rings (SSSR count). The zero-order valence-electron chi connectivity index (χ0n) is 17.6. The Labute approximate surface area is 187 Å². The number of pyridine rings is 1. The van der Waals surface area contributed by atoms with Crippen LogP contribution in [0.4, 0.5) is 18.9 Å². The van der Waals surface area contributed by atoms with Gasteiger partial charge in [-0.05, 0) is 47.4 Å². The Morgan fingerprint density at radius 2 is 1.97 bits per heavy atom. The van der Waals surface area contributed by atoms with Crippen molar-refractivity contribution in [2.75, 3.05) is 11.9 Å². The molecule has 1 aliphatic heterocycles. The second-order valence-corrected chi connectivity index (χ2v) is 7.65. The van der Waals surface area contributed by atoms with Crippen LogP contribution in [0.5, 0.6) is 0 Å². The quantitative estimate of drug-likeness (QED) is 0.610. The van der Waals surface area contributed by atoms with E-state index in [1.165, 1.54) is 6.08 Å². The summed E-state index contributed by atoms with van der Waals surface area (Å²) in [5.74, 6) is -2.26. The van der Waals surface area contributed by atoms with Crippen LogP contribution >= 0.6 is 0 Å². The fraction of sp³-hybridized carbons (Fsp3) is 0.217. The van der Waals surface area contributed by atoms with Gasteiger partial charge in [0, 0.05) is 61.6 Å². The van der Waals surface area contributed by atoms with Crippen molar-refractivity contribution in [3.05, 3.63) is 71.8 Å². The third kappa shape index (κ3) is 5.11. The topological polar surface area (TPSA) is 80.1 Å². The molecule has 0 saturated heterocycles. The minimum absolute atomic E-state index is 0.00413. The van der Waals surface area contributed by atoms with E-state index in [1.807, 2.05) is 19.3 Å². The molecule has 0 radical (unpaired) electrons. The van der Waals surface area contributed by atoms with Crippen molar-refractivity contribution >= 4 is 23.6 Å². The zero-order valence-corrected chi connectivity index (χ0v) is 17.6. The van der Waals surface area contributed by atoms with Crippen molar-refractivity contribution in [3.8, 4) is 11.1 Å². The molecule has 1 aromatic carbocycles. The van der Waals surface area contributed by atoms with Crippen LogP contribution in [0.3, 0.4) is 0 Å². The molecule has 7 nitrogen and oxygen atoms in total. The molecule has 0 spiro atoms. The van der Waals surface area contributed by atoms with Crippen LogP contribution in [0, 0.1) is 0 Å². The average Bonchev–Trinajstić information content (AvgIpc) is 3.22. The predicted molar refractivity (Wildman–Crippen MR) is 116 cm³/mol. The van der Waals surface area contributed by atoms with Gasteiger partial charge in [-0.2, -0.15) is 18.3 Å². The minimum Gasteiger partial charge on any atom is -0.330 e. The van der Waals surface area contributed by atoms with Gasteiger partial charge in [-0.25, -0.2) is 0 Å². The normalized spacial score (nSPS) is 13.8. The third-order valence-corrected chi connectivity index (χ3v) is 5.30. The molecule has 2 aromatic heterocycles. The maximum Gasteiger partial charge on any atom is 0.471 e. The van der Waals surface area contributed by atoms with E-state index in [4.69, 9.17) is 0 Å². The summed E-state index contributed by atoms with van der Waals surface area (Å²) in [5.41, 5.74) is 4.34. The number of fused-ring (bicyclic) bond motifs is 1. The molecule has 3 heterocycles. The second-order valence-electron chi connectivity index (χ2n) is 7.65. The van der Waals surface area contributed by atoms with E-state index in [0.717, 1.165) is 27.2 Å². The van der Waals surface area contributed by atoms with Crippen molar-refractivity contribution in [3.63, 3.8) is 0 Å². The number of alkyl halides is 3. The summed E-state index contributed by atoms with van der Waals surface area (Å²) in [6, 6.07) is 6.87. The predicted octanol–water partition coefficient (Wildman–Crippen LogP) is 3.58. The highest BCUT2D eigenvalue weighted by Crippen LogP contribution is 2.27. The molecule has 0 unspecified atom stereocenters. The monoisotopic (exact) mass is 455 g/mol. The smallest absolute Gasteiger partial charge is 0.330 e. The third-order valence-electron chi connectivity index (χ3n) is 5.30. The number of hydrogen-bond donors (Lipinski definition) is 1. The molecule has 2 amide bonds. The zero-order chi connectivity index (χ0) is 23.6. The molecule has 0 fully saturated rings. The van der Waals surface area contributed by atoms with Crippen LogP contribution in [0.2, 0.25) is 0 Å². The van der Waals surface area contributed by atoms with Crippen molar-refractivity contribution in [2.24, 2.45) is 7.05 Å². The number of carbonyl (C=O) groups is 2. The molecular weight excluding hydrogens is 435 g/mol. The van der Waals surface area contributed by atoms with Gasteiger partial charge in [0.05, 0.1) is 6.20 Å². The average molecular weight is 455 g/mol. The SMILES string of the molecule is Cn1cc(-c2ccncc2C=CC(=O)Nc2ccc3c(c2)CN(C(=O)C(F)(F)F)CC3)cn1. The van der Waals surface area contributed by atoms with Gasteiger partial charge in [0.15, 0.2) is 0 Å². The van der Waals surface area contributed by atoms with Crippen molar-refractivity contribution in [1.82, 2.24) is 19.7 Å². The number of anilines is 1. The van der Waals surface area contributed by atoms with E-state index in [2.05, 4.69) is 15.4 Å². The lowest BCUT2D eigenvalue weighted by molar-refractivity contribution is -0.186. The molecule has 1 aliphatic rings. The summed E-state index contributed by atoms with van der Waals surface area (Å²) in [5, 5.41) is 6.87. The van der Waals surface area contributed by atoms with Crippen LogP contribution in [0.25, 0.3) is 17.2 Å². The van der Waals surface area contributed by atoms with E-state index < -0.39 is 18.0 Å². The highest BCUT2D eigenvalue weighted by Gasteiger charge is 2.43. The maximum absolute atomic E-state index is 12.8. The molecule has 1 N–H and O–H groups in total. The largest absolute Gasteiger partial charge is 0.471 e. The number of nitrogens with one attached hydrogen (secondary N) is 1. The van der Waals surface area contributed by atoms with Crippen molar-refractivity contribution < 1.29 is 22.8 Å². The summed E-state index contributed by atoms with van der Waals surface area (Å²) >= 11 is 0. The molecule has 0 saturated carbocycles. The molecule has 3 aromatic rings. The van der Waals surface area contributed by atoms with Crippen LogP contribution in [0.1, 0.15) is 16.7 Å². The number of nitrogens with zero attached hydrogens (tertiary/aromatic N) is 4. The lowest BCUT2D eigenvalue weighted by atomic mass is 9.99. The van der Waals surface area contributed by atoms with Crippen molar-refractivity contribution in [2.45, 2.75) is 19.1 Å². The van der Waals surface area contributed by atoms with Gasteiger partial charge in [0.2, 0.25) is 5.91 Å². The number of halogens is 3. The van der Waals surface area contributed by atoms with Crippen LogP contribution in [-0.2, 0) is 29.6 Å². The summed E-state index contributed by atoms with van der Waals surface area (Å²) in [6.45, 7) is -0.151. The van der Waals surface area contributed by atoms with E-state index in [0.29, 0.717) is 17.7 Å². The summed E-state index contributed by atoms with van der Waals surface area (Å²) in [6.07, 6.45) is 5.26. The summed E-state index contributed by atoms with van der Waals surface area (Å²) < 4.78 is 40.0. The van der Waals surface area contributed by atoms with Gasteiger partial charge in [-0.15, -0.1) is 0 Å². The first-order valence-electron chi connectivity index (χ1n) is 10.1. The Bertz CT molecular complexity index is 1230. The Morgan fingerprint density at radius 1 is 1.15 bits per heavy atom. The van der Waals surface area contributed by atoms with Gasteiger partial charge in [0.1, 0.15) is 0 Å². The van der Waals surface area contributed by atoms with Crippen LogP contribution in [-0.4, -0.2) is 44.2 Å². The summed E-state index contributed by atoms with van der Waals surface area (Å²) in [4.78, 5) is 28.9. The first-order chi connectivity index (χ1) is 15.7. The van der Waals surface area contributed by atoms with Gasteiger partial charge in [-0.1, -0.05) is 6.07 Å². The molecule has 33 heavy (non-hydrogen) atoms. The molecule has 0 bridgehead atoms. The van der Waals surface area contributed by atoms with Gasteiger partial charge in [0.25, 0.3) is 0 Å². The highest BCUT2D eigenvalue weighted by atomic mass is 19.4. The van der Waals surface area contributed by atoms with Crippen LogP contribution < -0.4 is 5.32 Å². The van der Waals surface area contributed by atoms with E-state index in [1.54, 1.807) is 47.5 Å². The fourth-order valence-corrected chi connectivity index (χ4v) is 3.70. The number of aryl methyl sites for hydroxylation is 1. The van der Waals surface area contributed by atoms with Crippen molar-refractivity contribution in [1.29, 1.82) is 0 Å². The molecule has 0 atom stereocenters. The lowest BCUT2D eigenvalue weighted by Gasteiger charge is -2.29. The minimum atomic E-state index is -4.91. The molecule has 10 heteroatoms. The first-order valence-corrected chi connectivity index (χ1v) is 10.1.